The topological polar surface area (TPSA) is 40.6 Å². The summed E-state index contributed by atoms with van der Waals surface area (Å²) in [5.74, 6) is -0.188. The van der Waals surface area contributed by atoms with Gasteiger partial charge >= 0.3 is 0 Å². The summed E-state index contributed by atoms with van der Waals surface area (Å²) in [6, 6.07) is 5.23. The second-order valence-electron chi connectivity index (χ2n) is 6.11. The lowest BCUT2D eigenvalue weighted by Gasteiger charge is -2.41. The molecule has 1 aromatic rings. The number of halogens is 2. The molecule has 3 rings (SSSR count). The second-order valence-corrected chi connectivity index (χ2v) is 6.96. The molecule has 0 aromatic heterocycles. The highest BCUT2D eigenvalue weighted by Gasteiger charge is 2.40. The molecule has 1 heterocycles. The highest BCUT2D eigenvalue weighted by molar-refractivity contribution is 6.35. The molecule has 0 unspecified atom stereocenters. The average molecular weight is 353 g/mol. The van der Waals surface area contributed by atoms with Crippen LogP contribution < -0.4 is 0 Å². The van der Waals surface area contributed by atoms with Crippen molar-refractivity contribution in [1.29, 1.82) is 0 Å². The largest absolute Gasteiger partial charge is 0.294 e. The molecule has 1 aromatic carbocycles. The summed E-state index contributed by atoms with van der Waals surface area (Å²) in [5, 5.41) is 4.42. The fraction of sp³-hybridized carbons (Fsp3) is 0.412. The molecule has 0 bridgehead atoms. The lowest BCUT2D eigenvalue weighted by molar-refractivity contribution is -0.143. The van der Waals surface area contributed by atoms with E-state index in [2.05, 4.69) is 0 Å². The highest BCUT2D eigenvalue weighted by Crippen LogP contribution is 2.44. The first kappa shape index (κ1) is 16.5. The molecule has 0 spiro atoms. The van der Waals surface area contributed by atoms with Gasteiger partial charge in [0.25, 0.3) is 0 Å². The molecule has 0 saturated carbocycles. The van der Waals surface area contributed by atoms with E-state index < -0.39 is 0 Å². The molecular weight excluding hydrogens is 335 g/mol. The van der Waals surface area contributed by atoms with E-state index in [1.165, 1.54) is 0 Å². The van der Waals surface area contributed by atoms with Crippen molar-refractivity contribution in [3.05, 3.63) is 45.1 Å². The lowest BCUT2D eigenvalue weighted by Crippen LogP contribution is -2.47. The van der Waals surface area contributed by atoms with Gasteiger partial charge in [-0.05, 0) is 30.5 Å². The Labute approximate surface area is 145 Å². The van der Waals surface area contributed by atoms with Crippen LogP contribution in [0.5, 0.6) is 0 Å². The van der Waals surface area contributed by atoms with Crippen LogP contribution in [0.2, 0.25) is 10.0 Å². The Hall–Kier alpha value is -1.36. The third kappa shape index (κ3) is 2.91. The normalized spacial score (nSPS) is 22.0. The molecule has 6 heteroatoms. The van der Waals surface area contributed by atoms with Crippen LogP contribution in [0.1, 0.15) is 37.2 Å². The zero-order valence-electron chi connectivity index (χ0n) is 13.1. The molecule has 2 aliphatic rings. The zero-order chi connectivity index (χ0) is 16.7. The van der Waals surface area contributed by atoms with E-state index in [4.69, 9.17) is 23.2 Å². The number of nitrogens with zero attached hydrogens (tertiary/aromatic N) is 2. The number of hydrogen-bond donors (Lipinski definition) is 0. The van der Waals surface area contributed by atoms with Crippen LogP contribution in [-0.4, -0.2) is 35.8 Å². The number of hydrogen-bond acceptors (Lipinski definition) is 3. The first-order chi connectivity index (χ1) is 10.9. The maximum Gasteiger partial charge on any atom is 0.242 e. The Bertz CT molecular complexity index is 713. The predicted octanol–water partition coefficient (Wildman–Crippen LogP) is 3.79. The third-order valence-corrected chi connectivity index (χ3v) is 4.95. The standard InChI is InChI=1S/C17H18Cl2N2O2/c1-20(2)21-14-4-3-5-15(22)17(14)12(9-16(21)23)11-7-6-10(18)8-13(11)19/h6-8,12H,3-5,9H2,1-2H3/t12-/m0/s1. The minimum absolute atomic E-state index is 0.0144. The smallest absolute Gasteiger partial charge is 0.242 e. The molecule has 0 N–H and O–H groups in total. The maximum atomic E-state index is 12.6. The Morgan fingerprint density at radius 2 is 1.91 bits per heavy atom. The van der Waals surface area contributed by atoms with Crippen molar-refractivity contribution in [2.45, 2.75) is 31.6 Å². The Kier molecular flexibility index (Phi) is 4.50. The number of Topliss-reactive ketones (excluding diaryl/α,β-unsaturated/α-hetero) is 1. The Balaban J connectivity index is 2.15. The van der Waals surface area contributed by atoms with Crippen molar-refractivity contribution in [3.8, 4) is 0 Å². The minimum Gasteiger partial charge on any atom is -0.294 e. The van der Waals surface area contributed by atoms with Gasteiger partial charge in [-0.15, -0.1) is 0 Å². The van der Waals surface area contributed by atoms with Gasteiger partial charge in [0.05, 0.1) is 0 Å². The first-order valence-corrected chi connectivity index (χ1v) is 8.37. The van der Waals surface area contributed by atoms with Gasteiger partial charge in [-0.25, -0.2) is 10.0 Å². The number of ketones is 1. The van der Waals surface area contributed by atoms with Crippen molar-refractivity contribution in [3.63, 3.8) is 0 Å². The summed E-state index contributed by atoms with van der Waals surface area (Å²) in [6.45, 7) is 0. The highest BCUT2D eigenvalue weighted by atomic mass is 35.5. The van der Waals surface area contributed by atoms with Crippen molar-refractivity contribution < 1.29 is 9.59 Å². The zero-order valence-corrected chi connectivity index (χ0v) is 14.6. The lowest BCUT2D eigenvalue weighted by atomic mass is 9.77. The van der Waals surface area contributed by atoms with Gasteiger partial charge < -0.3 is 0 Å². The van der Waals surface area contributed by atoms with Crippen LogP contribution in [0.15, 0.2) is 29.5 Å². The van der Waals surface area contributed by atoms with Crippen molar-refractivity contribution in [1.82, 2.24) is 10.0 Å². The van der Waals surface area contributed by atoms with Crippen LogP contribution in [0.3, 0.4) is 0 Å². The number of allylic oxidation sites excluding steroid dienone is 2. The second kappa shape index (κ2) is 6.27. The van der Waals surface area contributed by atoms with Crippen molar-refractivity contribution >= 4 is 34.9 Å². The van der Waals surface area contributed by atoms with Crippen LogP contribution in [-0.2, 0) is 9.59 Å². The molecule has 122 valence electrons. The number of rotatable bonds is 2. The van der Waals surface area contributed by atoms with Crippen LogP contribution in [0.25, 0.3) is 0 Å². The fourth-order valence-corrected chi connectivity index (χ4v) is 4.03. The molecule has 1 atom stereocenters. The van der Waals surface area contributed by atoms with Crippen LogP contribution in [0, 0.1) is 0 Å². The monoisotopic (exact) mass is 352 g/mol. The summed E-state index contributed by atoms with van der Waals surface area (Å²) in [4.78, 5) is 25.2. The summed E-state index contributed by atoms with van der Waals surface area (Å²) in [5.41, 5.74) is 2.35. The SMILES string of the molecule is CN(C)N1C(=O)C[C@@H](c2ccc(Cl)cc2Cl)C2=C1CCCC2=O. The molecular formula is C17H18Cl2N2O2. The van der Waals surface area contributed by atoms with Crippen molar-refractivity contribution in [2.24, 2.45) is 0 Å². The maximum absolute atomic E-state index is 12.6. The number of carbonyl (C=O) groups is 2. The Morgan fingerprint density at radius 3 is 2.57 bits per heavy atom. The molecule has 0 radical (unpaired) electrons. The molecule has 4 nitrogen and oxygen atoms in total. The van der Waals surface area contributed by atoms with Gasteiger partial charge in [0.1, 0.15) is 0 Å². The van der Waals surface area contributed by atoms with Gasteiger partial charge in [0.2, 0.25) is 5.91 Å². The van der Waals surface area contributed by atoms with E-state index in [0.717, 1.165) is 29.7 Å². The average Bonchev–Trinajstić information content (AvgIpc) is 2.46. The minimum atomic E-state index is -0.286. The number of hydrazine groups is 1. The number of carbonyl (C=O) groups excluding carboxylic acids is 2. The van der Waals surface area contributed by atoms with Gasteiger partial charge in [-0.2, -0.15) is 0 Å². The first-order valence-electron chi connectivity index (χ1n) is 7.61. The number of amides is 1. The fourth-order valence-electron chi connectivity index (χ4n) is 3.49. The molecule has 1 amide bonds. The molecule has 1 aliphatic carbocycles. The molecule has 0 saturated heterocycles. The van der Waals surface area contributed by atoms with E-state index >= 15 is 0 Å². The Morgan fingerprint density at radius 1 is 1.17 bits per heavy atom. The van der Waals surface area contributed by atoms with E-state index in [1.807, 2.05) is 20.2 Å². The van der Waals surface area contributed by atoms with Crippen LogP contribution >= 0.6 is 23.2 Å². The van der Waals surface area contributed by atoms with Gasteiger partial charge in [0.15, 0.2) is 5.78 Å². The quantitative estimate of drug-likeness (QED) is 0.812. The van der Waals surface area contributed by atoms with E-state index in [9.17, 15) is 9.59 Å². The summed E-state index contributed by atoms with van der Waals surface area (Å²) in [7, 11) is 3.63. The van der Waals surface area contributed by atoms with Gasteiger partial charge in [0, 0.05) is 54.2 Å². The summed E-state index contributed by atoms with van der Waals surface area (Å²) >= 11 is 12.3. The van der Waals surface area contributed by atoms with E-state index in [-0.39, 0.29) is 24.0 Å². The molecule has 0 fully saturated rings. The third-order valence-electron chi connectivity index (χ3n) is 4.39. The van der Waals surface area contributed by atoms with Gasteiger partial charge in [-0.1, -0.05) is 29.3 Å². The number of benzene rings is 1. The van der Waals surface area contributed by atoms with E-state index in [1.54, 1.807) is 22.2 Å². The van der Waals surface area contributed by atoms with Crippen LogP contribution in [0.4, 0.5) is 0 Å². The predicted molar refractivity (Wildman–Crippen MR) is 90.2 cm³/mol. The molecule has 23 heavy (non-hydrogen) atoms. The summed E-state index contributed by atoms with van der Waals surface area (Å²) < 4.78 is 0. The van der Waals surface area contributed by atoms with Crippen molar-refractivity contribution in [2.75, 3.05) is 14.1 Å². The molecule has 1 aliphatic heterocycles. The van der Waals surface area contributed by atoms with E-state index in [0.29, 0.717) is 16.5 Å². The van der Waals surface area contributed by atoms with Gasteiger partial charge in [-0.3, -0.25) is 9.59 Å². The summed E-state index contributed by atoms with van der Waals surface area (Å²) in [6.07, 6.45) is 2.27.